The number of benzene rings is 2. The first-order valence-corrected chi connectivity index (χ1v) is 8.50. The zero-order valence-corrected chi connectivity index (χ0v) is 13.4. The number of rotatable bonds is 4. The Balaban J connectivity index is 1.72. The van der Waals surface area contributed by atoms with E-state index in [2.05, 4.69) is 34.9 Å². The lowest BCUT2D eigenvalue weighted by Crippen LogP contribution is -2.44. The Kier molecular flexibility index (Phi) is 5.30. The van der Waals surface area contributed by atoms with Crippen LogP contribution in [0.5, 0.6) is 0 Å². The van der Waals surface area contributed by atoms with Crippen molar-refractivity contribution in [3.05, 3.63) is 71.8 Å². The van der Waals surface area contributed by atoms with Gasteiger partial charge >= 0.3 is 6.03 Å². The van der Waals surface area contributed by atoms with Gasteiger partial charge < -0.3 is 10.6 Å². The standard InChI is InChI=1S/C20H24N2O/c23-20(21-18-14-8-3-9-15-18)22-19(16-10-4-1-5-11-16)17-12-6-2-7-13-17/h1-2,4-7,10-13,18-19H,3,8-9,14-15H2,(H2,21,22,23). The van der Waals surface area contributed by atoms with Crippen LogP contribution in [-0.4, -0.2) is 12.1 Å². The summed E-state index contributed by atoms with van der Waals surface area (Å²) in [5.74, 6) is 0. The lowest BCUT2D eigenvalue weighted by atomic mass is 9.95. The molecule has 0 aliphatic heterocycles. The van der Waals surface area contributed by atoms with Gasteiger partial charge in [0.05, 0.1) is 6.04 Å². The van der Waals surface area contributed by atoms with Crippen LogP contribution in [-0.2, 0) is 0 Å². The molecule has 0 heterocycles. The van der Waals surface area contributed by atoms with Crippen molar-refractivity contribution in [2.75, 3.05) is 0 Å². The van der Waals surface area contributed by atoms with Gasteiger partial charge in [-0.05, 0) is 24.0 Å². The molecule has 2 aromatic carbocycles. The largest absolute Gasteiger partial charge is 0.335 e. The Morgan fingerprint density at radius 3 is 1.87 bits per heavy atom. The van der Waals surface area contributed by atoms with Crippen LogP contribution in [0.15, 0.2) is 60.7 Å². The Bertz CT molecular complexity index is 567. The summed E-state index contributed by atoms with van der Waals surface area (Å²) in [7, 11) is 0. The van der Waals surface area contributed by atoms with Crippen LogP contribution in [0.4, 0.5) is 4.79 Å². The van der Waals surface area contributed by atoms with E-state index < -0.39 is 0 Å². The third-order valence-electron chi connectivity index (χ3n) is 4.48. The first-order chi connectivity index (χ1) is 11.3. The highest BCUT2D eigenvalue weighted by Gasteiger charge is 2.20. The molecule has 3 heteroatoms. The molecule has 0 bridgehead atoms. The number of carbonyl (C=O) groups excluding carboxylic acids is 1. The summed E-state index contributed by atoms with van der Waals surface area (Å²) in [5.41, 5.74) is 2.19. The van der Waals surface area contributed by atoms with Gasteiger partial charge in [-0.25, -0.2) is 4.79 Å². The van der Waals surface area contributed by atoms with Gasteiger partial charge in [0.15, 0.2) is 0 Å². The van der Waals surface area contributed by atoms with E-state index in [0.29, 0.717) is 6.04 Å². The minimum atomic E-state index is -0.124. The molecule has 0 atom stereocenters. The molecule has 3 rings (SSSR count). The summed E-state index contributed by atoms with van der Waals surface area (Å²) in [6.45, 7) is 0. The summed E-state index contributed by atoms with van der Waals surface area (Å²) in [6, 6.07) is 20.3. The SMILES string of the molecule is O=C(NC1CCCCC1)NC(c1ccccc1)c1ccccc1. The highest BCUT2D eigenvalue weighted by molar-refractivity contribution is 5.75. The fraction of sp³-hybridized carbons (Fsp3) is 0.350. The van der Waals surface area contributed by atoms with Crippen molar-refractivity contribution in [3.63, 3.8) is 0 Å². The van der Waals surface area contributed by atoms with Crippen molar-refractivity contribution in [1.82, 2.24) is 10.6 Å². The Hall–Kier alpha value is -2.29. The van der Waals surface area contributed by atoms with Crippen molar-refractivity contribution < 1.29 is 4.79 Å². The van der Waals surface area contributed by atoms with Crippen molar-refractivity contribution >= 4 is 6.03 Å². The molecule has 0 aromatic heterocycles. The number of hydrogen-bond acceptors (Lipinski definition) is 1. The van der Waals surface area contributed by atoms with Gasteiger partial charge in [0, 0.05) is 6.04 Å². The molecule has 2 amide bonds. The molecule has 1 saturated carbocycles. The Morgan fingerprint density at radius 1 is 0.826 bits per heavy atom. The molecular formula is C20H24N2O. The minimum absolute atomic E-state index is 0.0744. The van der Waals surface area contributed by atoms with E-state index in [9.17, 15) is 4.79 Å². The Morgan fingerprint density at radius 2 is 1.35 bits per heavy atom. The van der Waals surface area contributed by atoms with E-state index in [1.807, 2.05) is 36.4 Å². The lowest BCUT2D eigenvalue weighted by Gasteiger charge is -2.25. The third kappa shape index (κ3) is 4.35. The average molecular weight is 308 g/mol. The first kappa shape index (κ1) is 15.6. The predicted octanol–water partition coefficient (Wildman–Crippen LogP) is 4.41. The van der Waals surface area contributed by atoms with Gasteiger partial charge in [-0.1, -0.05) is 79.9 Å². The lowest BCUT2D eigenvalue weighted by molar-refractivity contribution is 0.230. The van der Waals surface area contributed by atoms with Gasteiger partial charge in [-0.2, -0.15) is 0 Å². The molecular weight excluding hydrogens is 284 g/mol. The smallest absolute Gasteiger partial charge is 0.315 e. The van der Waals surface area contributed by atoms with E-state index in [-0.39, 0.29) is 12.1 Å². The van der Waals surface area contributed by atoms with Crippen LogP contribution in [0.3, 0.4) is 0 Å². The number of carbonyl (C=O) groups is 1. The summed E-state index contributed by atoms with van der Waals surface area (Å²) >= 11 is 0. The molecule has 2 aromatic rings. The first-order valence-electron chi connectivity index (χ1n) is 8.50. The highest BCUT2D eigenvalue weighted by atomic mass is 16.2. The van der Waals surface area contributed by atoms with Crippen LogP contribution in [0, 0.1) is 0 Å². The van der Waals surface area contributed by atoms with Crippen molar-refractivity contribution in [2.24, 2.45) is 0 Å². The molecule has 23 heavy (non-hydrogen) atoms. The predicted molar refractivity (Wildman–Crippen MR) is 93.3 cm³/mol. The molecule has 0 unspecified atom stereocenters. The monoisotopic (exact) mass is 308 g/mol. The van der Waals surface area contributed by atoms with Crippen LogP contribution >= 0.6 is 0 Å². The van der Waals surface area contributed by atoms with Crippen LogP contribution in [0.25, 0.3) is 0 Å². The maximum absolute atomic E-state index is 12.4. The van der Waals surface area contributed by atoms with Gasteiger partial charge in [0.25, 0.3) is 0 Å². The zero-order valence-electron chi connectivity index (χ0n) is 13.4. The number of urea groups is 1. The maximum Gasteiger partial charge on any atom is 0.315 e. The average Bonchev–Trinajstić information content (AvgIpc) is 2.62. The summed E-state index contributed by atoms with van der Waals surface area (Å²) < 4.78 is 0. The molecule has 1 aliphatic rings. The summed E-state index contributed by atoms with van der Waals surface area (Å²) in [4.78, 5) is 12.4. The quantitative estimate of drug-likeness (QED) is 0.863. The fourth-order valence-corrected chi connectivity index (χ4v) is 3.26. The molecule has 0 saturated heterocycles. The van der Waals surface area contributed by atoms with Crippen LogP contribution in [0.2, 0.25) is 0 Å². The van der Waals surface area contributed by atoms with E-state index >= 15 is 0 Å². The second kappa shape index (κ2) is 7.82. The van der Waals surface area contributed by atoms with Crippen LogP contribution < -0.4 is 10.6 Å². The van der Waals surface area contributed by atoms with Crippen LogP contribution in [0.1, 0.15) is 49.3 Å². The summed E-state index contributed by atoms with van der Waals surface area (Å²) in [5, 5.41) is 6.29. The molecule has 0 radical (unpaired) electrons. The normalized spacial score (nSPS) is 15.3. The van der Waals surface area contributed by atoms with E-state index in [4.69, 9.17) is 0 Å². The minimum Gasteiger partial charge on any atom is -0.335 e. The van der Waals surface area contributed by atoms with Gasteiger partial charge in [0.1, 0.15) is 0 Å². The Labute approximate surface area is 138 Å². The van der Waals surface area contributed by atoms with E-state index in [0.717, 1.165) is 24.0 Å². The van der Waals surface area contributed by atoms with Crippen molar-refractivity contribution in [2.45, 2.75) is 44.2 Å². The molecule has 1 aliphatic carbocycles. The van der Waals surface area contributed by atoms with Gasteiger partial charge in [-0.15, -0.1) is 0 Å². The van der Waals surface area contributed by atoms with Crippen molar-refractivity contribution in [1.29, 1.82) is 0 Å². The number of nitrogens with one attached hydrogen (secondary N) is 2. The number of hydrogen-bond donors (Lipinski definition) is 2. The van der Waals surface area contributed by atoms with E-state index in [1.54, 1.807) is 0 Å². The maximum atomic E-state index is 12.4. The zero-order chi connectivity index (χ0) is 15.9. The van der Waals surface area contributed by atoms with Gasteiger partial charge in [-0.3, -0.25) is 0 Å². The van der Waals surface area contributed by atoms with Crippen molar-refractivity contribution in [3.8, 4) is 0 Å². The fourth-order valence-electron chi connectivity index (χ4n) is 3.26. The topological polar surface area (TPSA) is 41.1 Å². The molecule has 120 valence electrons. The third-order valence-corrected chi connectivity index (χ3v) is 4.48. The second-order valence-electron chi connectivity index (χ2n) is 6.21. The second-order valence-corrected chi connectivity index (χ2v) is 6.21. The number of amides is 2. The molecule has 0 spiro atoms. The molecule has 2 N–H and O–H groups in total. The van der Waals surface area contributed by atoms with Gasteiger partial charge in [0.2, 0.25) is 0 Å². The molecule has 1 fully saturated rings. The highest BCUT2D eigenvalue weighted by Crippen LogP contribution is 2.22. The van der Waals surface area contributed by atoms with E-state index in [1.165, 1.54) is 19.3 Å². The summed E-state index contributed by atoms with van der Waals surface area (Å²) in [6.07, 6.45) is 5.90. The molecule has 3 nitrogen and oxygen atoms in total.